The van der Waals surface area contributed by atoms with Crippen molar-refractivity contribution < 1.29 is 0 Å². The van der Waals surface area contributed by atoms with E-state index in [1.54, 1.807) is 18.1 Å². The van der Waals surface area contributed by atoms with E-state index in [2.05, 4.69) is 16.2 Å². The van der Waals surface area contributed by atoms with E-state index < -0.39 is 0 Å². The molecule has 3 heteroatoms. The maximum atomic E-state index is 3.88. The molecular formula is C6H8N2S. The third-order valence-corrected chi connectivity index (χ3v) is 1.55. The number of hydrogen-bond donors (Lipinski definition) is 0. The Morgan fingerprint density at radius 3 is 2.67 bits per heavy atom. The number of rotatable bonds is 2. The SMILES string of the molecule is CSCc1cncnc1. The Morgan fingerprint density at radius 2 is 2.11 bits per heavy atom. The molecule has 48 valence electrons. The third kappa shape index (κ3) is 2.01. The molecule has 0 spiro atoms. The van der Waals surface area contributed by atoms with Gasteiger partial charge in [0.25, 0.3) is 0 Å². The largest absolute Gasteiger partial charge is 0.245 e. The van der Waals surface area contributed by atoms with E-state index in [1.807, 2.05) is 12.4 Å². The number of aromatic nitrogens is 2. The summed E-state index contributed by atoms with van der Waals surface area (Å²) in [5.41, 5.74) is 1.19. The minimum Gasteiger partial charge on any atom is -0.245 e. The van der Waals surface area contributed by atoms with E-state index in [4.69, 9.17) is 0 Å². The molecule has 0 bridgehead atoms. The van der Waals surface area contributed by atoms with Crippen molar-refractivity contribution in [1.82, 2.24) is 9.97 Å². The van der Waals surface area contributed by atoms with Gasteiger partial charge in [-0.3, -0.25) is 0 Å². The number of hydrogen-bond acceptors (Lipinski definition) is 3. The monoisotopic (exact) mass is 140 g/mol. The van der Waals surface area contributed by atoms with Crippen molar-refractivity contribution >= 4 is 11.8 Å². The van der Waals surface area contributed by atoms with E-state index in [0.29, 0.717) is 0 Å². The zero-order chi connectivity index (χ0) is 6.53. The lowest BCUT2D eigenvalue weighted by Crippen LogP contribution is -1.82. The maximum absolute atomic E-state index is 3.88. The second-order valence-electron chi connectivity index (χ2n) is 1.68. The van der Waals surface area contributed by atoms with Gasteiger partial charge >= 0.3 is 0 Å². The van der Waals surface area contributed by atoms with Gasteiger partial charge in [-0.25, -0.2) is 9.97 Å². The van der Waals surface area contributed by atoms with Crippen LogP contribution in [0.4, 0.5) is 0 Å². The summed E-state index contributed by atoms with van der Waals surface area (Å²) in [7, 11) is 0. The summed E-state index contributed by atoms with van der Waals surface area (Å²) in [4.78, 5) is 7.76. The topological polar surface area (TPSA) is 25.8 Å². The van der Waals surface area contributed by atoms with Crippen molar-refractivity contribution in [3.05, 3.63) is 24.3 Å². The van der Waals surface area contributed by atoms with Gasteiger partial charge in [0, 0.05) is 18.1 Å². The van der Waals surface area contributed by atoms with Crippen molar-refractivity contribution in [2.75, 3.05) is 6.26 Å². The van der Waals surface area contributed by atoms with Crippen molar-refractivity contribution in [2.24, 2.45) is 0 Å². The Hall–Kier alpha value is -0.570. The van der Waals surface area contributed by atoms with Gasteiger partial charge in [-0.2, -0.15) is 11.8 Å². The molecule has 0 aliphatic rings. The predicted octanol–water partition coefficient (Wildman–Crippen LogP) is 1.34. The van der Waals surface area contributed by atoms with Gasteiger partial charge in [0.1, 0.15) is 6.33 Å². The molecule has 0 radical (unpaired) electrons. The average molecular weight is 140 g/mol. The molecule has 0 saturated heterocycles. The fraction of sp³-hybridized carbons (Fsp3) is 0.333. The molecule has 0 aromatic carbocycles. The Kier molecular flexibility index (Phi) is 2.51. The van der Waals surface area contributed by atoms with Crippen LogP contribution in [0.5, 0.6) is 0 Å². The standard InChI is InChI=1S/C6H8N2S/c1-9-4-6-2-7-5-8-3-6/h2-3,5H,4H2,1H3. The number of thioether (sulfide) groups is 1. The molecule has 0 fully saturated rings. The Balaban J connectivity index is 2.61. The second-order valence-corrected chi connectivity index (χ2v) is 2.55. The molecule has 0 saturated carbocycles. The van der Waals surface area contributed by atoms with Gasteiger partial charge in [0.15, 0.2) is 0 Å². The maximum Gasteiger partial charge on any atom is 0.115 e. The quantitative estimate of drug-likeness (QED) is 0.620. The summed E-state index contributed by atoms with van der Waals surface area (Å²) in [6, 6.07) is 0. The molecule has 0 unspecified atom stereocenters. The molecule has 0 amide bonds. The first-order chi connectivity index (χ1) is 4.43. The first-order valence-corrected chi connectivity index (χ1v) is 4.05. The van der Waals surface area contributed by atoms with Crippen LogP contribution >= 0.6 is 11.8 Å². The minimum absolute atomic E-state index is 1.00. The lowest BCUT2D eigenvalue weighted by atomic mass is 10.4. The lowest BCUT2D eigenvalue weighted by Gasteiger charge is -1.92. The number of nitrogens with zero attached hydrogens (tertiary/aromatic N) is 2. The molecule has 1 aromatic heterocycles. The fourth-order valence-corrected chi connectivity index (χ4v) is 1.05. The normalized spacial score (nSPS) is 9.44. The highest BCUT2D eigenvalue weighted by Gasteiger charge is 1.86. The molecule has 0 aliphatic heterocycles. The van der Waals surface area contributed by atoms with Gasteiger partial charge < -0.3 is 0 Å². The fourth-order valence-electron chi connectivity index (χ4n) is 0.571. The van der Waals surface area contributed by atoms with Crippen LogP contribution < -0.4 is 0 Å². The third-order valence-electron chi connectivity index (χ3n) is 0.925. The van der Waals surface area contributed by atoms with Crippen LogP contribution in [0.3, 0.4) is 0 Å². The van der Waals surface area contributed by atoms with Gasteiger partial charge in [0.2, 0.25) is 0 Å². The molecule has 0 aliphatic carbocycles. The highest BCUT2D eigenvalue weighted by molar-refractivity contribution is 7.97. The van der Waals surface area contributed by atoms with Crippen LogP contribution in [0.25, 0.3) is 0 Å². The predicted molar refractivity (Wildman–Crippen MR) is 39.3 cm³/mol. The van der Waals surface area contributed by atoms with Crippen LogP contribution in [-0.2, 0) is 5.75 Å². The minimum atomic E-state index is 1.00. The smallest absolute Gasteiger partial charge is 0.115 e. The van der Waals surface area contributed by atoms with Gasteiger partial charge in [-0.15, -0.1) is 0 Å². The van der Waals surface area contributed by atoms with E-state index in [9.17, 15) is 0 Å². The van der Waals surface area contributed by atoms with E-state index in [0.717, 1.165) is 5.75 Å². The van der Waals surface area contributed by atoms with E-state index in [-0.39, 0.29) is 0 Å². The summed E-state index contributed by atoms with van der Waals surface area (Å²) in [5.74, 6) is 1.00. The van der Waals surface area contributed by atoms with Gasteiger partial charge in [-0.05, 0) is 11.8 Å². The highest BCUT2D eigenvalue weighted by Crippen LogP contribution is 2.04. The van der Waals surface area contributed by atoms with E-state index in [1.165, 1.54) is 5.56 Å². The summed E-state index contributed by atoms with van der Waals surface area (Å²) in [6.07, 6.45) is 7.28. The lowest BCUT2D eigenvalue weighted by molar-refractivity contribution is 1.12. The van der Waals surface area contributed by atoms with Crippen molar-refractivity contribution in [1.29, 1.82) is 0 Å². The van der Waals surface area contributed by atoms with Crippen LogP contribution in [0.1, 0.15) is 5.56 Å². The average Bonchev–Trinajstić information content (AvgIpc) is 1.91. The van der Waals surface area contributed by atoms with Gasteiger partial charge in [0.05, 0.1) is 0 Å². The summed E-state index contributed by atoms with van der Waals surface area (Å²) in [5, 5.41) is 0. The second kappa shape index (κ2) is 3.45. The van der Waals surface area contributed by atoms with Crippen LogP contribution in [0, 0.1) is 0 Å². The molecule has 2 nitrogen and oxygen atoms in total. The molecule has 1 rings (SSSR count). The van der Waals surface area contributed by atoms with Crippen LogP contribution in [0.2, 0.25) is 0 Å². The van der Waals surface area contributed by atoms with Crippen LogP contribution in [0.15, 0.2) is 18.7 Å². The summed E-state index contributed by atoms with van der Waals surface area (Å²) in [6.45, 7) is 0. The zero-order valence-electron chi connectivity index (χ0n) is 5.24. The first kappa shape index (κ1) is 6.55. The Bertz CT molecular complexity index is 164. The van der Waals surface area contributed by atoms with Gasteiger partial charge in [-0.1, -0.05) is 0 Å². The van der Waals surface area contributed by atoms with Crippen molar-refractivity contribution in [3.63, 3.8) is 0 Å². The molecule has 9 heavy (non-hydrogen) atoms. The molecule has 1 aromatic rings. The highest BCUT2D eigenvalue weighted by atomic mass is 32.2. The first-order valence-electron chi connectivity index (χ1n) is 2.66. The zero-order valence-corrected chi connectivity index (χ0v) is 6.06. The Labute approximate surface area is 58.7 Å². The van der Waals surface area contributed by atoms with Crippen molar-refractivity contribution in [2.45, 2.75) is 5.75 Å². The van der Waals surface area contributed by atoms with Crippen LogP contribution in [-0.4, -0.2) is 16.2 Å². The summed E-state index contributed by atoms with van der Waals surface area (Å²) < 4.78 is 0. The van der Waals surface area contributed by atoms with Crippen molar-refractivity contribution in [3.8, 4) is 0 Å². The molecule has 0 N–H and O–H groups in total. The molecular weight excluding hydrogens is 132 g/mol. The Morgan fingerprint density at radius 1 is 1.44 bits per heavy atom. The summed E-state index contributed by atoms with van der Waals surface area (Å²) >= 11 is 1.77. The van der Waals surface area contributed by atoms with E-state index >= 15 is 0 Å². The molecule has 0 atom stereocenters. The molecule has 1 heterocycles.